The maximum atomic E-state index is 9.88. The van der Waals surface area contributed by atoms with Crippen LogP contribution in [0.15, 0.2) is 51.8 Å². The fourth-order valence-electron chi connectivity index (χ4n) is 1.63. The number of benzene rings is 2. The third-order valence-corrected chi connectivity index (χ3v) is 3.62. The molecule has 16 heavy (non-hydrogen) atoms. The normalized spacial score (nSPS) is 10.4. The summed E-state index contributed by atoms with van der Waals surface area (Å²) in [6, 6.07) is 13.8. The second-order valence-corrected chi connectivity index (χ2v) is 5.10. The van der Waals surface area contributed by atoms with Crippen LogP contribution >= 0.6 is 27.7 Å². The zero-order chi connectivity index (χ0) is 11.5. The molecule has 0 aromatic heterocycles. The highest BCUT2D eigenvalue weighted by Gasteiger charge is 2.10. The Kier molecular flexibility index (Phi) is 3.56. The van der Waals surface area contributed by atoms with Gasteiger partial charge in [0.05, 0.1) is 4.90 Å². The maximum Gasteiger partial charge on any atom is 0.130 e. The van der Waals surface area contributed by atoms with E-state index >= 15 is 0 Å². The Morgan fingerprint density at radius 1 is 1.12 bits per heavy atom. The third kappa shape index (κ3) is 2.25. The number of halogens is 1. The van der Waals surface area contributed by atoms with Gasteiger partial charge in [-0.05, 0) is 24.0 Å². The van der Waals surface area contributed by atoms with Gasteiger partial charge in [-0.2, -0.15) is 0 Å². The minimum absolute atomic E-state index is 0.320. The van der Waals surface area contributed by atoms with Crippen molar-refractivity contribution in [3.05, 3.63) is 46.9 Å². The minimum atomic E-state index is 0.320. The Hall–Kier alpha value is -0.930. The zero-order valence-electron chi connectivity index (χ0n) is 8.77. The second-order valence-electron chi connectivity index (χ2n) is 3.37. The van der Waals surface area contributed by atoms with E-state index in [0.717, 1.165) is 20.5 Å². The summed E-state index contributed by atoms with van der Waals surface area (Å²) in [6.45, 7) is 0. The number of thioether (sulfide) groups is 1. The van der Waals surface area contributed by atoms with Crippen LogP contribution in [0.25, 0.3) is 11.1 Å². The molecule has 2 rings (SSSR count). The molecule has 0 fully saturated rings. The molecule has 0 aliphatic carbocycles. The Morgan fingerprint density at radius 3 is 2.44 bits per heavy atom. The summed E-state index contributed by atoms with van der Waals surface area (Å²) in [5, 5.41) is 9.88. The molecule has 2 aromatic carbocycles. The number of phenols is 1. The van der Waals surface area contributed by atoms with E-state index in [9.17, 15) is 5.11 Å². The van der Waals surface area contributed by atoms with Crippen LogP contribution in [0, 0.1) is 0 Å². The topological polar surface area (TPSA) is 20.2 Å². The van der Waals surface area contributed by atoms with Crippen molar-refractivity contribution < 1.29 is 5.11 Å². The van der Waals surface area contributed by atoms with E-state index in [0.29, 0.717) is 5.75 Å². The van der Waals surface area contributed by atoms with Crippen molar-refractivity contribution in [3.63, 3.8) is 0 Å². The first kappa shape index (κ1) is 11.6. The van der Waals surface area contributed by atoms with Gasteiger partial charge in [-0.1, -0.05) is 46.3 Å². The predicted octanol–water partition coefficient (Wildman–Crippen LogP) is 4.54. The highest BCUT2D eigenvalue weighted by Crippen LogP contribution is 2.39. The van der Waals surface area contributed by atoms with Crippen LogP contribution in [-0.4, -0.2) is 11.4 Å². The summed E-state index contributed by atoms with van der Waals surface area (Å²) < 4.78 is 0.890. The van der Waals surface area contributed by atoms with Gasteiger partial charge in [0.25, 0.3) is 0 Å². The summed E-state index contributed by atoms with van der Waals surface area (Å²) in [6.07, 6.45) is 1.97. The Morgan fingerprint density at radius 2 is 1.81 bits per heavy atom. The molecule has 0 bridgehead atoms. The largest absolute Gasteiger partial charge is 0.507 e. The lowest BCUT2D eigenvalue weighted by Gasteiger charge is -2.10. The van der Waals surface area contributed by atoms with E-state index < -0.39 is 0 Å². The van der Waals surface area contributed by atoms with Gasteiger partial charge < -0.3 is 5.11 Å². The van der Waals surface area contributed by atoms with Gasteiger partial charge in [0.15, 0.2) is 0 Å². The molecule has 1 N–H and O–H groups in total. The standard InChI is InChI=1S/C13H11BrOS/c1-16-13-11(7-10(14)8-12(13)15)9-5-3-2-4-6-9/h2-8,15H,1H3. The first-order chi connectivity index (χ1) is 7.72. The number of phenolic OH excluding ortho intramolecular Hbond substituents is 1. The van der Waals surface area contributed by atoms with E-state index in [4.69, 9.17) is 0 Å². The lowest BCUT2D eigenvalue weighted by Crippen LogP contribution is -1.83. The second kappa shape index (κ2) is 4.93. The first-order valence-corrected chi connectivity index (χ1v) is 6.86. The third-order valence-electron chi connectivity index (χ3n) is 2.32. The highest BCUT2D eigenvalue weighted by atomic mass is 79.9. The van der Waals surface area contributed by atoms with E-state index in [2.05, 4.69) is 15.9 Å². The van der Waals surface area contributed by atoms with E-state index in [1.54, 1.807) is 17.8 Å². The Labute approximate surface area is 108 Å². The van der Waals surface area contributed by atoms with Gasteiger partial charge in [0, 0.05) is 10.0 Å². The van der Waals surface area contributed by atoms with Crippen molar-refractivity contribution in [3.8, 4) is 16.9 Å². The van der Waals surface area contributed by atoms with Gasteiger partial charge in [-0.25, -0.2) is 0 Å². The monoisotopic (exact) mass is 294 g/mol. The molecule has 0 unspecified atom stereocenters. The van der Waals surface area contributed by atoms with Crippen molar-refractivity contribution >= 4 is 27.7 Å². The minimum Gasteiger partial charge on any atom is -0.507 e. The molecular formula is C13H11BrOS. The van der Waals surface area contributed by atoms with Crippen molar-refractivity contribution in [2.45, 2.75) is 4.90 Å². The summed E-state index contributed by atoms with van der Waals surface area (Å²) in [5.74, 6) is 0.320. The SMILES string of the molecule is CSc1c(O)cc(Br)cc1-c1ccccc1. The Balaban J connectivity index is 2.64. The molecule has 0 heterocycles. The van der Waals surface area contributed by atoms with E-state index in [1.165, 1.54) is 0 Å². The van der Waals surface area contributed by atoms with Crippen molar-refractivity contribution in [1.82, 2.24) is 0 Å². The number of aromatic hydroxyl groups is 1. The number of hydrogen-bond acceptors (Lipinski definition) is 2. The van der Waals surface area contributed by atoms with E-state index in [-0.39, 0.29) is 0 Å². The number of hydrogen-bond donors (Lipinski definition) is 1. The smallest absolute Gasteiger partial charge is 0.130 e. The molecule has 82 valence electrons. The van der Waals surface area contributed by atoms with Crippen LogP contribution in [0.2, 0.25) is 0 Å². The van der Waals surface area contributed by atoms with Crippen LogP contribution in [0.3, 0.4) is 0 Å². The molecule has 1 nitrogen and oxygen atoms in total. The van der Waals surface area contributed by atoms with E-state index in [1.807, 2.05) is 42.7 Å². The highest BCUT2D eigenvalue weighted by molar-refractivity contribution is 9.10. The lowest BCUT2D eigenvalue weighted by molar-refractivity contribution is 0.462. The van der Waals surface area contributed by atoms with Crippen molar-refractivity contribution in [2.75, 3.05) is 6.26 Å². The molecule has 2 aromatic rings. The molecule has 0 spiro atoms. The fraction of sp³-hybridized carbons (Fsp3) is 0.0769. The molecule has 0 radical (unpaired) electrons. The van der Waals surface area contributed by atoms with Crippen molar-refractivity contribution in [1.29, 1.82) is 0 Å². The van der Waals surface area contributed by atoms with Gasteiger partial charge in [0.2, 0.25) is 0 Å². The van der Waals surface area contributed by atoms with Crippen LogP contribution in [-0.2, 0) is 0 Å². The molecule has 0 saturated heterocycles. The average molecular weight is 295 g/mol. The fourth-order valence-corrected chi connectivity index (χ4v) is 2.74. The predicted molar refractivity (Wildman–Crippen MR) is 73.0 cm³/mol. The summed E-state index contributed by atoms with van der Waals surface area (Å²) in [7, 11) is 0. The van der Waals surface area contributed by atoms with Gasteiger partial charge >= 0.3 is 0 Å². The van der Waals surface area contributed by atoms with Gasteiger partial charge in [0.1, 0.15) is 5.75 Å². The van der Waals surface area contributed by atoms with Gasteiger partial charge in [-0.15, -0.1) is 11.8 Å². The lowest BCUT2D eigenvalue weighted by atomic mass is 10.1. The molecule has 0 amide bonds. The number of rotatable bonds is 2. The Bertz CT molecular complexity index is 497. The molecule has 0 aliphatic rings. The van der Waals surface area contributed by atoms with Crippen LogP contribution in [0.1, 0.15) is 0 Å². The summed E-state index contributed by atoms with van der Waals surface area (Å²) in [4.78, 5) is 0.911. The summed E-state index contributed by atoms with van der Waals surface area (Å²) in [5.41, 5.74) is 2.17. The molecule has 3 heteroatoms. The van der Waals surface area contributed by atoms with Crippen LogP contribution < -0.4 is 0 Å². The molecule has 0 aliphatic heterocycles. The van der Waals surface area contributed by atoms with Crippen molar-refractivity contribution in [2.24, 2.45) is 0 Å². The van der Waals surface area contributed by atoms with Crippen LogP contribution in [0.4, 0.5) is 0 Å². The maximum absolute atomic E-state index is 9.88. The van der Waals surface area contributed by atoms with Crippen LogP contribution in [0.5, 0.6) is 5.75 Å². The first-order valence-electron chi connectivity index (χ1n) is 4.84. The summed E-state index contributed by atoms with van der Waals surface area (Å²) >= 11 is 4.96. The van der Waals surface area contributed by atoms with Gasteiger partial charge in [-0.3, -0.25) is 0 Å². The molecule has 0 atom stereocenters. The zero-order valence-corrected chi connectivity index (χ0v) is 11.2. The average Bonchev–Trinajstić information content (AvgIpc) is 2.29. The quantitative estimate of drug-likeness (QED) is 0.821. The molecular weight excluding hydrogens is 284 g/mol. The molecule has 0 saturated carbocycles.